The Balaban J connectivity index is 1.41. The topological polar surface area (TPSA) is 79.4 Å². The van der Waals surface area contributed by atoms with Gasteiger partial charge in [0, 0.05) is 25.1 Å². The minimum Gasteiger partial charge on any atom is -0.302 e. The molecule has 11 heteroatoms. The number of sulfonamides is 1. The lowest BCUT2D eigenvalue weighted by Gasteiger charge is -2.29. The first kappa shape index (κ1) is 19.4. The van der Waals surface area contributed by atoms with Gasteiger partial charge in [0.1, 0.15) is 15.5 Å². The van der Waals surface area contributed by atoms with Crippen LogP contribution in [0.2, 0.25) is 0 Å². The number of amides is 1. The summed E-state index contributed by atoms with van der Waals surface area (Å²) >= 11 is 2.16. The molecule has 0 spiro atoms. The van der Waals surface area contributed by atoms with Crippen LogP contribution in [-0.2, 0) is 14.8 Å². The lowest BCUT2D eigenvalue weighted by atomic mass is 9.97. The van der Waals surface area contributed by atoms with Crippen LogP contribution in [0.25, 0.3) is 10.2 Å². The molecule has 0 bridgehead atoms. The molecule has 1 N–H and O–H groups in total. The summed E-state index contributed by atoms with van der Waals surface area (Å²) in [5.74, 6) is -2.15. The van der Waals surface area contributed by atoms with E-state index < -0.39 is 21.7 Å². The van der Waals surface area contributed by atoms with Crippen molar-refractivity contribution in [1.29, 1.82) is 0 Å². The molecule has 0 aliphatic carbocycles. The van der Waals surface area contributed by atoms with E-state index in [2.05, 4.69) is 10.3 Å². The lowest BCUT2D eigenvalue weighted by molar-refractivity contribution is -0.120. The second-order valence-electron chi connectivity index (χ2n) is 6.35. The van der Waals surface area contributed by atoms with Gasteiger partial charge in [-0.15, -0.1) is 11.3 Å². The summed E-state index contributed by atoms with van der Waals surface area (Å²) in [5.41, 5.74) is 0.0126. The smallest absolute Gasteiger partial charge is 0.252 e. The van der Waals surface area contributed by atoms with Gasteiger partial charge in [0.2, 0.25) is 5.91 Å². The zero-order valence-electron chi connectivity index (χ0n) is 14.4. The van der Waals surface area contributed by atoms with Crippen molar-refractivity contribution in [2.24, 2.45) is 5.92 Å². The van der Waals surface area contributed by atoms with E-state index in [0.717, 1.165) is 28.7 Å². The van der Waals surface area contributed by atoms with Gasteiger partial charge in [-0.2, -0.15) is 4.31 Å². The van der Waals surface area contributed by atoms with Crippen LogP contribution >= 0.6 is 22.7 Å². The first-order valence-corrected chi connectivity index (χ1v) is 11.6. The maximum Gasteiger partial charge on any atom is 0.252 e. The Kier molecular flexibility index (Phi) is 5.17. The second-order valence-corrected chi connectivity index (χ2v) is 10.5. The standard InChI is InChI=1S/C17H15F2N3O3S3/c18-11-8-12(19)15-13(9-11)27-17(20-15)21-16(23)10-3-5-22(6-4-10)28(24,25)14-2-1-7-26-14/h1-2,7-10H,3-6H2,(H,20,21,23). The molecule has 1 aliphatic rings. The molecule has 148 valence electrons. The minimum absolute atomic E-state index is 0.0126. The number of fused-ring (bicyclic) bond motifs is 1. The van der Waals surface area contributed by atoms with Crippen LogP contribution in [-0.4, -0.2) is 36.7 Å². The first-order valence-electron chi connectivity index (χ1n) is 8.45. The second kappa shape index (κ2) is 7.47. The molecule has 0 radical (unpaired) electrons. The molecule has 1 fully saturated rings. The van der Waals surface area contributed by atoms with Gasteiger partial charge in [-0.3, -0.25) is 4.79 Å². The van der Waals surface area contributed by atoms with Gasteiger partial charge < -0.3 is 5.32 Å². The molecule has 28 heavy (non-hydrogen) atoms. The van der Waals surface area contributed by atoms with Gasteiger partial charge in [-0.05, 0) is 30.4 Å². The van der Waals surface area contributed by atoms with Crippen LogP contribution in [0.5, 0.6) is 0 Å². The van der Waals surface area contributed by atoms with Crippen molar-refractivity contribution in [1.82, 2.24) is 9.29 Å². The Labute approximate surface area is 167 Å². The molecule has 0 saturated carbocycles. The number of halogens is 2. The summed E-state index contributed by atoms with van der Waals surface area (Å²) in [6, 6.07) is 5.16. The van der Waals surface area contributed by atoms with Gasteiger partial charge in [0.05, 0.1) is 4.70 Å². The Morgan fingerprint density at radius 2 is 2.00 bits per heavy atom. The fourth-order valence-electron chi connectivity index (χ4n) is 3.11. The largest absolute Gasteiger partial charge is 0.302 e. The van der Waals surface area contributed by atoms with Gasteiger partial charge in [0.15, 0.2) is 10.9 Å². The van der Waals surface area contributed by atoms with Crippen molar-refractivity contribution >= 4 is 54.0 Å². The number of hydrogen-bond acceptors (Lipinski definition) is 6. The monoisotopic (exact) mass is 443 g/mol. The summed E-state index contributed by atoms with van der Waals surface area (Å²) in [6.07, 6.45) is 0.759. The third-order valence-corrected chi connectivity index (χ3v) is 8.75. The average molecular weight is 444 g/mol. The van der Waals surface area contributed by atoms with E-state index in [9.17, 15) is 22.0 Å². The van der Waals surface area contributed by atoms with E-state index in [4.69, 9.17) is 0 Å². The molecule has 3 heterocycles. The van der Waals surface area contributed by atoms with Crippen LogP contribution in [0.3, 0.4) is 0 Å². The van der Waals surface area contributed by atoms with Crippen molar-refractivity contribution < 1.29 is 22.0 Å². The van der Waals surface area contributed by atoms with Gasteiger partial charge in [-0.25, -0.2) is 22.2 Å². The summed E-state index contributed by atoms with van der Waals surface area (Å²) in [7, 11) is -3.52. The molecule has 2 aromatic heterocycles. The van der Waals surface area contributed by atoms with Crippen LogP contribution in [0, 0.1) is 17.6 Å². The molecule has 4 rings (SSSR count). The van der Waals surface area contributed by atoms with E-state index in [0.29, 0.717) is 21.8 Å². The molecule has 6 nitrogen and oxygen atoms in total. The Bertz CT molecular complexity index is 1120. The normalized spacial score (nSPS) is 16.5. The number of carbonyl (C=O) groups excluding carboxylic acids is 1. The highest BCUT2D eigenvalue weighted by Gasteiger charge is 2.32. The maximum absolute atomic E-state index is 13.8. The molecular formula is C17H15F2N3O3S3. The molecule has 1 amide bonds. The summed E-state index contributed by atoms with van der Waals surface area (Å²) in [4.78, 5) is 16.5. The highest BCUT2D eigenvalue weighted by molar-refractivity contribution is 7.91. The Morgan fingerprint density at radius 1 is 1.25 bits per heavy atom. The van der Waals surface area contributed by atoms with Crippen LogP contribution in [0.4, 0.5) is 13.9 Å². The molecule has 0 atom stereocenters. The molecule has 1 aromatic carbocycles. The van der Waals surface area contributed by atoms with E-state index >= 15 is 0 Å². The van der Waals surface area contributed by atoms with Gasteiger partial charge in [-0.1, -0.05) is 17.4 Å². The number of carbonyl (C=O) groups is 1. The molecule has 1 aliphatic heterocycles. The number of rotatable bonds is 4. The number of nitrogens with zero attached hydrogens (tertiary/aromatic N) is 2. The number of hydrogen-bond donors (Lipinski definition) is 1. The van der Waals surface area contributed by atoms with Crippen molar-refractivity contribution in [2.45, 2.75) is 17.1 Å². The van der Waals surface area contributed by atoms with E-state index in [-0.39, 0.29) is 35.6 Å². The van der Waals surface area contributed by atoms with Crippen molar-refractivity contribution in [3.63, 3.8) is 0 Å². The fraction of sp³-hybridized carbons (Fsp3) is 0.294. The number of aromatic nitrogens is 1. The third kappa shape index (κ3) is 3.66. The van der Waals surface area contributed by atoms with Crippen LogP contribution in [0.1, 0.15) is 12.8 Å². The predicted molar refractivity (Wildman–Crippen MR) is 104 cm³/mol. The average Bonchev–Trinajstić information content (AvgIpc) is 3.32. The first-order chi connectivity index (χ1) is 13.3. The maximum atomic E-state index is 13.8. The highest BCUT2D eigenvalue weighted by Crippen LogP contribution is 2.30. The zero-order valence-corrected chi connectivity index (χ0v) is 16.8. The van der Waals surface area contributed by atoms with Crippen molar-refractivity contribution in [3.05, 3.63) is 41.3 Å². The highest BCUT2D eigenvalue weighted by atomic mass is 32.2. The number of nitrogens with one attached hydrogen (secondary N) is 1. The molecule has 0 unspecified atom stereocenters. The van der Waals surface area contributed by atoms with Gasteiger partial charge >= 0.3 is 0 Å². The summed E-state index contributed by atoms with van der Waals surface area (Å²) < 4.78 is 54.1. The molecular weight excluding hydrogens is 428 g/mol. The van der Waals surface area contributed by atoms with E-state index in [1.165, 1.54) is 10.4 Å². The van der Waals surface area contributed by atoms with Crippen molar-refractivity contribution in [3.8, 4) is 0 Å². The van der Waals surface area contributed by atoms with Crippen LogP contribution < -0.4 is 5.32 Å². The van der Waals surface area contributed by atoms with Crippen LogP contribution in [0.15, 0.2) is 33.9 Å². The number of piperidine rings is 1. The van der Waals surface area contributed by atoms with E-state index in [1.807, 2.05) is 0 Å². The molecule has 1 saturated heterocycles. The molecule has 3 aromatic rings. The third-order valence-electron chi connectivity index (χ3n) is 4.56. The van der Waals surface area contributed by atoms with Crippen molar-refractivity contribution in [2.75, 3.05) is 18.4 Å². The zero-order chi connectivity index (χ0) is 19.9. The number of benzene rings is 1. The Hall–Kier alpha value is -1.95. The minimum atomic E-state index is -3.52. The van der Waals surface area contributed by atoms with E-state index in [1.54, 1.807) is 17.5 Å². The quantitative estimate of drug-likeness (QED) is 0.667. The summed E-state index contributed by atoms with van der Waals surface area (Å²) in [6.45, 7) is 0.496. The Morgan fingerprint density at radius 3 is 2.68 bits per heavy atom. The number of anilines is 1. The summed E-state index contributed by atoms with van der Waals surface area (Å²) in [5, 5.41) is 4.54. The van der Waals surface area contributed by atoms with Gasteiger partial charge in [0.25, 0.3) is 10.0 Å². The SMILES string of the molecule is O=C(Nc1nc2c(F)cc(F)cc2s1)C1CCN(S(=O)(=O)c2cccs2)CC1. The fourth-order valence-corrected chi connectivity index (χ4v) is 6.64. The number of thiophene rings is 1. The lowest BCUT2D eigenvalue weighted by Crippen LogP contribution is -2.41. The number of thiazole rings is 1. The predicted octanol–water partition coefficient (Wildman–Crippen LogP) is 3.68.